The fourth-order valence-corrected chi connectivity index (χ4v) is 3.57. The molecule has 1 atom stereocenters. The van der Waals surface area contributed by atoms with Crippen molar-refractivity contribution in [3.63, 3.8) is 0 Å². The molecule has 0 saturated heterocycles. The van der Waals surface area contributed by atoms with Crippen LogP contribution >= 0.6 is 0 Å². The highest BCUT2D eigenvalue weighted by atomic mass is 32.2. The van der Waals surface area contributed by atoms with E-state index in [1.807, 2.05) is 0 Å². The van der Waals surface area contributed by atoms with Crippen LogP contribution in [0.4, 0.5) is 20.2 Å². The Morgan fingerprint density at radius 1 is 1.12 bits per heavy atom. The quantitative estimate of drug-likeness (QED) is 0.271. The van der Waals surface area contributed by atoms with E-state index in [4.69, 9.17) is 8.84 Å². The highest BCUT2D eigenvalue weighted by molar-refractivity contribution is 7.74. The van der Waals surface area contributed by atoms with Crippen molar-refractivity contribution in [1.82, 2.24) is 9.97 Å². The van der Waals surface area contributed by atoms with Gasteiger partial charge >= 0.3 is 11.4 Å². The number of H-pyrrole nitrogens is 1. The maximum Gasteiger partial charge on any atom is 0.325 e. The van der Waals surface area contributed by atoms with Crippen molar-refractivity contribution in [2.45, 2.75) is 5.92 Å². The van der Waals surface area contributed by atoms with Crippen LogP contribution in [0, 0.1) is 0 Å². The standard InChI is InChI=1S/C22H18F2N4O4S/c1-28(32-33(30)31)18-6-5-14-11-20(27-19(14)13-18)21(29)26-17-4-2-3-16(12-17)22(23,24)15-7-9-25-10-8-15/h2-13,27H,1H3,(H,26,29)(H,30,31). The van der Waals surface area contributed by atoms with Gasteiger partial charge in [-0.15, -0.1) is 4.28 Å². The predicted octanol–water partition coefficient (Wildman–Crippen LogP) is 4.46. The van der Waals surface area contributed by atoms with E-state index >= 15 is 0 Å². The summed E-state index contributed by atoms with van der Waals surface area (Å²) < 4.78 is 54.1. The molecule has 0 radical (unpaired) electrons. The van der Waals surface area contributed by atoms with Crippen LogP contribution in [-0.2, 0) is 21.6 Å². The lowest BCUT2D eigenvalue weighted by atomic mass is 10.0. The number of amides is 1. The predicted molar refractivity (Wildman–Crippen MR) is 120 cm³/mol. The summed E-state index contributed by atoms with van der Waals surface area (Å²) in [5.74, 6) is -3.77. The Kier molecular flexibility index (Phi) is 6.18. The Hall–Kier alpha value is -3.67. The van der Waals surface area contributed by atoms with Gasteiger partial charge in [-0.1, -0.05) is 18.2 Å². The van der Waals surface area contributed by atoms with Crippen LogP contribution in [0.2, 0.25) is 0 Å². The molecule has 3 N–H and O–H groups in total. The first kappa shape index (κ1) is 22.5. The minimum atomic E-state index is -3.26. The maximum absolute atomic E-state index is 14.9. The molecule has 0 fully saturated rings. The summed E-state index contributed by atoms with van der Waals surface area (Å²) in [4.78, 5) is 19.4. The number of hydrogen-bond donors (Lipinski definition) is 3. The smallest absolute Gasteiger partial charge is 0.325 e. The highest BCUT2D eigenvalue weighted by Gasteiger charge is 2.34. The lowest BCUT2D eigenvalue weighted by Crippen LogP contribution is -2.18. The molecule has 0 saturated carbocycles. The van der Waals surface area contributed by atoms with Crippen LogP contribution in [-0.4, -0.2) is 31.7 Å². The second-order valence-corrected chi connectivity index (χ2v) is 7.67. The molecule has 2 heterocycles. The number of halogens is 2. The summed E-state index contributed by atoms with van der Waals surface area (Å²) in [5.41, 5.74) is 1.01. The number of benzene rings is 2. The topological polar surface area (TPSA) is 108 Å². The molecule has 2 aromatic carbocycles. The number of hydroxylamine groups is 1. The number of alkyl halides is 2. The lowest BCUT2D eigenvalue weighted by molar-refractivity contribution is 0.0428. The first-order chi connectivity index (χ1) is 15.7. The number of nitrogens with one attached hydrogen (secondary N) is 2. The largest absolute Gasteiger partial charge is 0.350 e. The number of rotatable bonds is 7. The molecule has 4 aromatic rings. The Morgan fingerprint density at radius 2 is 1.88 bits per heavy atom. The van der Waals surface area contributed by atoms with Gasteiger partial charge in [-0.25, -0.2) is 5.06 Å². The van der Waals surface area contributed by atoms with Crippen molar-refractivity contribution in [3.05, 3.63) is 89.9 Å². The van der Waals surface area contributed by atoms with Gasteiger partial charge in [0.1, 0.15) is 5.69 Å². The van der Waals surface area contributed by atoms with Crippen LogP contribution in [0.15, 0.2) is 73.1 Å². The number of carbonyl (C=O) groups excluding carboxylic acids is 1. The monoisotopic (exact) mass is 472 g/mol. The molecule has 0 aliphatic heterocycles. The SMILES string of the molecule is CN(OS(=O)O)c1ccc2cc(C(=O)Nc3cccc(C(F)(F)c4ccncc4)c3)[nH]c2c1. The molecule has 1 amide bonds. The van der Waals surface area contributed by atoms with Crippen LogP contribution in [0.1, 0.15) is 21.6 Å². The molecule has 0 aliphatic carbocycles. The zero-order valence-electron chi connectivity index (χ0n) is 17.2. The Morgan fingerprint density at radius 3 is 2.61 bits per heavy atom. The van der Waals surface area contributed by atoms with Crippen LogP contribution in [0.3, 0.4) is 0 Å². The van der Waals surface area contributed by atoms with Crippen LogP contribution < -0.4 is 10.4 Å². The van der Waals surface area contributed by atoms with E-state index in [-0.39, 0.29) is 22.5 Å². The molecular weight excluding hydrogens is 454 g/mol. The Labute approximate surface area is 189 Å². The summed E-state index contributed by atoms with van der Waals surface area (Å²) in [7, 11) is 1.46. The molecule has 33 heavy (non-hydrogen) atoms. The Bertz CT molecular complexity index is 1330. The molecule has 8 nitrogen and oxygen atoms in total. The number of aromatic nitrogens is 2. The van der Waals surface area contributed by atoms with Gasteiger partial charge in [0.15, 0.2) is 0 Å². The fourth-order valence-electron chi connectivity index (χ4n) is 3.29. The first-order valence-corrected chi connectivity index (χ1v) is 10.6. The third-order valence-corrected chi connectivity index (χ3v) is 5.27. The fraction of sp³-hybridized carbons (Fsp3) is 0.0909. The van der Waals surface area contributed by atoms with Crippen molar-refractivity contribution in [1.29, 1.82) is 0 Å². The maximum atomic E-state index is 14.9. The second-order valence-electron chi connectivity index (χ2n) is 7.09. The van der Waals surface area contributed by atoms with Crippen molar-refractivity contribution in [3.8, 4) is 0 Å². The molecule has 2 aromatic heterocycles. The number of pyridine rings is 1. The second kappa shape index (κ2) is 9.06. The van der Waals surface area contributed by atoms with Crippen LogP contribution in [0.25, 0.3) is 10.9 Å². The van der Waals surface area contributed by atoms with Gasteiger partial charge in [-0.2, -0.15) is 13.0 Å². The number of anilines is 2. The number of fused-ring (bicyclic) bond motifs is 1. The third kappa shape index (κ3) is 4.90. The molecular formula is C22H18F2N4O4S. The molecule has 170 valence electrons. The Balaban J connectivity index is 1.55. The van der Waals surface area contributed by atoms with Gasteiger partial charge in [-0.3, -0.25) is 14.3 Å². The van der Waals surface area contributed by atoms with Crippen molar-refractivity contribution in [2.24, 2.45) is 0 Å². The summed E-state index contributed by atoms with van der Waals surface area (Å²) >= 11 is -2.48. The van der Waals surface area contributed by atoms with E-state index in [9.17, 15) is 17.8 Å². The summed E-state index contributed by atoms with van der Waals surface area (Å²) in [5, 5.41) is 4.45. The summed E-state index contributed by atoms with van der Waals surface area (Å²) in [6, 6.07) is 14.5. The highest BCUT2D eigenvalue weighted by Crippen LogP contribution is 2.36. The molecule has 1 unspecified atom stereocenters. The van der Waals surface area contributed by atoms with Crippen LogP contribution in [0.5, 0.6) is 0 Å². The van der Waals surface area contributed by atoms with Gasteiger partial charge in [0, 0.05) is 47.2 Å². The number of nitrogens with zero attached hydrogens (tertiary/aromatic N) is 2. The van der Waals surface area contributed by atoms with Gasteiger partial charge in [-0.05, 0) is 42.5 Å². The molecule has 11 heteroatoms. The van der Waals surface area contributed by atoms with E-state index in [0.717, 1.165) is 5.06 Å². The number of carbonyl (C=O) groups is 1. The average Bonchev–Trinajstić information content (AvgIpc) is 3.23. The zero-order valence-corrected chi connectivity index (χ0v) is 18.0. The normalized spacial score (nSPS) is 12.5. The van der Waals surface area contributed by atoms with Gasteiger partial charge < -0.3 is 10.3 Å². The number of hydrogen-bond acceptors (Lipinski definition) is 5. The molecule has 0 aliphatic rings. The summed E-state index contributed by atoms with van der Waals surface area (Å²) in [6.07, 6.45) is 2.59. The van der Waals surface area contributed by atoms with Crippen molar-refractivity contribution in [2.75, 3.05) is 17.4 Å². The lowest BCUT2D eigenvalue weighted by Gasteiger charge is -2.18. The van der Waals surface area contributed by atoms with Gasteiger partial charge in [0.2, 0.25) is 0 Å². The first-order valence-electron chi connectivity index (χ1n) is 9.60. The van der Waals surface area contributed by atoms with E-state index in [1.54, 1.807) is 24.3 Å². The minimum Gasteiger partial charge on any atom is -0.350 e. The average molecular weight is 472 g/mol. The van der Waals surface area contributed by atoms with E-state index in [0.29, 0.717) is 16.6 Å². The van der Waals surface area contributed by atoms with Gasteiger partial charge in [0.25, 0.3) is 11.8 Å². The molecule has 4 rings (SSSR count). The molecule has 0 spiro atoms. The summed E-state index contributed by atoms with van der Waals surface area (Å²) in [6.45, 7) is 0. The molecule has 0 bridgehead atoms. The van der Waals surface area contributed by atoms with Crippen molar-refractivity contribution < 1.29 is 26.6 Å². The minimum absolute atomic E-state index is 0.202. The van der Waals surface area contributed by atoms with Crippen molar-refractivity contribution >= 4 is 39.5 Å². The zero-order chi connectivity index (χ0) is 23.6. The van der Waals surface area contributed by atoms with Gasteiger partial charge in [0.05, 0.1) is 5.69 Å². The third-order valence-electron chi connectivity index (χ3n) is 4.92. The van der Waals surface area contributed by atoms with E-state index < -0.39 is 23.2 Å². The van der Waals surface area contributed by atoms with E-state index in [1.165, 1.54) is 55.8 Å². The number of aromatic amines is 1. The van der Waals surface area contributed by atoms with E-state index in [2.05, 4.69) is 15.3 Å².